The summed E-state index contributed by atoms with van der Waals surface area (Å²) < 4.78 is 0. The molecule has 268 valence electrons. The second-order valence-electron chi connectivity index (χ2n) is 11.0. The molecule has 0 saturated heterocycles. The number of nitrogen functional groups attached to an aromatic ring is 1. The number of aliphatic carboxylic acids is 2. The summed E-state index contributed by atoms with van der Waals surface area (Å²) in [6, 6.07) is 1.75. The van der Waals surface area contributed by atoms with Crippen LogP contribution in [0.3, 0.4) is 0 Å². The molecule has 0 aliphatic heterocycles. The quantitative estimate of drug-likeness (QED) is 0.0618. The van der Waals surface area contributed by atoms with Crippen LogP contribution in [0.25, 0.3) is 11.2 Å². The average molecular weight is 716 g/mol. The third kappa shape index (κ3) is 11.7. The molecule has 20 nitrogen and oxygen atoms in total. The number of aromatic amines is 1. The summed E-state index contributed by atoms with van der Waals surface area (Å²) in [5.74, 6) is -6.04. The second kappa shape index (κ2) is 18.1. The predicted octanol–water partition coefficient (Wildman–Crippen LogP) is -2.29. The van der Waals surface area contributed by atoms with E-state index in [0.29, 0.717) is 16.9 Å². The fourth-order valence-corrected chi connectivity index (χ4v) is 4.49. The SMILES string of the molecule is C[C@@H](CCC(=O)NC[C@H](N)C(=O)N[C@@H](CC(=O)O)C(=O)N[C@@H](CS)C(=O)O)NC(=O)c1ccc(NCc2cnc3nc(N)[nH]c(=O)c3n2)cc1. The van der Waals surface area contributed by atoms with Gasteiger partial charge in [-0.25, -0.2) is 14.8 Å². The average Bonchev–Trinajstić information content (AvgIpc) is 3.07. The smallest absolute Gasteiger partial charge is 0.327 e. The normalized spacial score (nSPS) is 13.3. The lowest BCUT2D eigenvalue weighted by atomic mass is 10.1. The second-order valence-corrected chi connectivity index (χ2v) is 11.3. The predicted molar refractivity (Wildman–Crippen MR) is 181 cm³/mol. The number of benzene rings is 1. The Labute approximate surface area is 289 Å². The molecule has 0 spiro atoms. The van der Waals surface area contributed by atoms with Gasteiger partial charge >= 0.3 is 11.9 Å². The maximum atomic E-state index is 12.7. The van der Waals surface area contributed by atoms with Gasteiger partial charge in [0.05, 0.1) is 24.9 Å². The molecule has 21 heteroatoms. The van der Waals surface area contributed by atoms with Crippen LogP contribution in [0.5, 0.6) is 0 Å². The lowest BCUT2D eigenvalue weighted by Gasteiger charge is -2.21. The Morgan fingerprint density at radius 1 is 0.980 bits per heavy atom. The van der Waals surface area contributed by atoms with Crippen LogP contribution < -0.4 is 43.6 Å². The number of nitrogens with one attached hydrogen (secondary N) is 6. The van der Waals surface area contributed by atoms with Crippen molar-refractivity contribution in [2.45, 2.75) is 56.9 Å². The minimum Gasteiger partial charge on any atom is -0.481 e. The fourth-order valence-electron chi connectivity index (χ4n) is 4.24. The van der Waals surface area contributed by atoms with Crippen LogP contribution in [0.15, 0.2) is 35.3 Å². The summed E-state index contributed by atoms with van der Waals surface area (Å²) >= 11 is 3.81. The van der Waals surface area contributed by atoms with Gasteiger partial charge < -0.3 is 48.3 Å². The molecule has 3 rings (SSSR count). The minimum absolute atomic E-state index is 0.0318. The van der Waals surface area contributed by atoms with E-state index in [0.717, 1.165) is 0 Å². The highest BCUT2D eigenvalue weighted by Gasteiger charge is 2.29. The van der Waals surface area contributed by atoms with Crippen molar-refractivity contribution in [1.29, 1.82) is 0 Å². The Hall–Kier alpha value is -5.83. The van der Waals surface area contributed by atoms with E-state index in [1.807, 2.05) is 0 Å². The van der Waals surface area contributed by atoms with Crippen LogP contribution >= 0.6 is 12.6 Å². The van der Waals surface area contributed by atoms with Crippen molar-refractivity contribution in [2.75, 3.05) is 23.3 Å². The number of carbonyl (C=O) groups excluding carboxylic acids is 4. The molecule has 4 amide bonds. The molecule has 0 bridgehead atoms. The number of rotatable bonds is 18. The van der Waals surface area contributed by atoms with Gasteiger partial charge in [-0.2, -0.15) is 17.6 Å². The molecule has 0 aliphatic rings. The maximum absolute atomic E-state index is 12.7. The van der Waals surface area contributed by atoms with Crippen molar-refractivity contribution in [3.05, 3.63) is 52.1 Å². The van der Waals surface area contributed by atoms with Gasteiger partial charge in [0.1, 0.15) is 18.1 Å². The van der Waals surface area contributed by atoms with E-state index in [1.54, 1.807) is 31.2 Å². The highest BCUT2D eigenvalue weighted by atomic mass is 32.1. The molecule has 0 radical (unpaired) electrons. The van der Waals surface area contributed by atoms with Crippen LogP contribution in [0.4, 0.5) is 11.6 Å². The zero-order valence-corrected chi connectivity index (χ0v) is 27.5. The summed E-state index contributed by atoms with van der Waals surface area (Å²) in [7, 11) is 0. The molecule has 3 aromatic rings. The summed E-state index contributed by atoms with van der Waals surface area (Å²) in [5, 5.41) is 30.8. The van der Waals surface area contributed by atoms with Gasteiger partial charge in [0.15, 0.2) is 11.2 Å². The molecule has 0 saturated carbocycles. The number of anilines is 2. The number of hydrogen-bond acceptors (Lipinski definition) is 14. The Kier molecular flexibility index (Phi) is 14.0. The van der Waals surface area contributed by atoms with Crippen LogP contribution in [-0.4, -0.2) is 102 Å². The fraction of sp³-hybridized carbons (Fsp3) is 0.379. The summed E-state index contributed by atoms with van der Waals surface area (Å²) in [5.41, 5.74) is 12.5. The first-order valence-electron chi connectivity index (χ1n) is 15.0. The van der Waals surface area contributed by atoms with E-state index >= 15 is 0 Å². The van der Waals surface area contributed by atoms with Crippen LogP contribution in [-0.2, 0) is 30.5 Å². The zero-order valence-electron chi connectivity index (χ0n) is 26.6. The minimum atomic E-state index is -1.63. The van der Waals surface area contributed by atoms with Gasteiger partial charge in [0.2, 0.25) is 23.7 Å². The van der Waals surface area contributed by atoms with Crippen LogP contribution in [0, 0.1) is 0 Å². The molecule has 4 atom stereocenters. The van der Waals surface area contributed by atoms with Crippen LogP contribution in [0.1, 0.15) is 42.2 Å². The molecule has 2 heterocycles. The van der Waals surface area contributed by atoms with E-state index in [9.17, 15) is 33.6 Å². The maximum Gasteiger partial charge on any atom is 0.327 e. The molecule has 12 N–H and O–H groups in total. The van der Waals surface area contributed by atoms with Crippen molar-refractivity contribution in [1.82, 2.24) is 41.2 Å². The van der Waals surface area contributed by atoms with Crippen LogP contribution in [0.2, 0.25) is 0 Å². The Bertz CT molecular complexity index is 1790. The largest absolute Gasteiger partial charge is 0.481 e. The lowest BCUT2D eigenvalue weighted by molar-refractivity contribution is -0.143. The van der Waals surface area contributed by atoms with Crippen molar-refractivity contribution in [2.24, 2.45) is 5.73 Å². The molecular formula is C29H37N11O9S. The van der Waals surface area contributed by atoms with E-state index in [2.05, 4.69) is 59.1 Å². The number of carboxylic acids is 2. The van der Waals surface area contributed by atoms with Gasteiger partial charge in [0.25, 0.3) is 11.5 Å². The van der Waals surface area contributed by atoms with E-state index in [4.69, 9.17) is 21.7 Å². The zero-order chi connectivity index (χ0) is 37.0. The molecular weight excluding hydrogens is 678 g/mol. The number of hydrogen-bond donors (Lipinski definition) is 11. The number of carbonyl (C=O) groups is 6. The number of amides is 4. The third-order valence-corrected chi connectivity index (χ3v) is 7.32. The van der Waals surface area contributed by atoms with E-state index < -0.39 is 65.8 Å². The number of aromatic nitrogens is 4. The molecule has 1 aromatic carbocycles. The molecule has 0 unspecified atom stereocenters. The van der Waals surface area contributed by atoms with Gasteiger partial charge in [-0.3, -0.25) is 33.8 Å². The first-order valence-corrected chi connectivity index (χ1v) is 15.6. The summed E-state index contributed by atoms with van der Waals surface area (Å²) in [4.78, 5) is 99.0. The number of H-pyrrole nitrogens is 1. The van der Waals surface area contributed by atoms with E-state index in [-0.39, 0.29) is 54.7 Å². The number of nitrogens with two attached hydrogens (primary N) is 2. The first kappa shape index (κ1) is 38.6. The van der Waals surface area contributed by atoms with Crippen molar-refractivity contribution < 1.29 is 39.0 Å². The molecule has 2 aromatic heterocycles. The highest BCUT2D eigenvalue weighted by Crippen LogP contribution is 2.12. The van der Waals surface area contributed by atoms with Crippen molar-refractivity contribution in [3.63, 3.8) is 0 Å². The third-order valence-electron chi connectivity index (χ3n) is 6.95. The molecule has 0 aliphatic carbocycles. The van der Waals surface area contributed by atoms with Gasteiger partial charge in [-0.05, 0) is 37.6 Å². The lowest BCUT2D eigenvalue weighted by Crippen LogP contribution is -2.57. The summed E-state index contributed by atoms with van der Waals surface area (Å²) in [6.45, 7) is 1.59. The molecule has 50 heavy (non-hydrogen) atoms. The Balaban J connectivity index is 1.41. The number of carboxylic acid groups (broad SMARTS) is 2. The van der Waals surface area contributed by atoms with Gasteiger partial charge in [-0.15, -0.1) is 0 Å². The van der Waals surface area contributed by atoms with E-state index in [1.165, 1.54) is 6.20 Å². The standard InChI is InChI=1S/C29H37N11O9S/c1-13(2-7-20(41)33-11-17(30)25(45)37-18(8-21(42)43)26(46)38-19(12-50)28(48)49)35-24(44)14-3-5-15(6-4-14)32-9-16-10-34-23-22(36-16)27(47)40-29(31)39-23/h3-6,10,13,17-19,32,50H,2,7-9,11-12,30H2,1H3,(H,33,41)(H,35,44)(H,37,45)(H,38,46)(H,42,43)(H,48,49)(H3,31,34,39,40,47)/t13-,17-,18-,19-/m0/s1. The molecule has 0 fully saturated rings. The van der Waals surface area contributed by atoms with Gasteiger partial charge in [-0.1, -0.05) is 0 Å². The van der Waals surface area contributed by atoms with Gasteiger partial charge in [0, 0.05) is 36.0 Å². The van der Waals surface area contributed by atoms with Crippen molar-refractivity contribution >= 4 is 71.0 Å². The number of fused-ring (bicyclic) bond motifs is 1. The topological polar surface area (TPSA) is 327 Å². The Morgan fingerprint density at radius 3 is 2.30 bits per heavy atom. The monoisotopic (exact) mass is 715 g/mol. The van der Waals surface area contributed by atoms with Crippen molar-refractivity contribution in [3.8, 4) is 0 Å². The highest BCUT2D eigenvalue weighted by molar-refractivity contribution is 7.80. The number of thiol groups is 1. The first-order chi connectivity index (χ1) is 23.7. The summed E-state index contributed by atoms with van der Waals surface area (Å²) in [6.07, 6.45) is 0.828. The Morgan fingerprint density at radius 2 is 1.66 bits per heavy atom. The number of nitrogens with zero attached hydrogens (tertiary/aromatic N) is 3.